The van der Waals surface area contributed by atoms with Crippen LogP contribution >= 0.6 is 0 Å². The Balaban J connectivity index is 1.13. The van der Waals surface area contributed by atoms with Crippen molar-refractivity contribution in [3.05, 3.63) is 180 Å². The van der Waals surface area contributed by atoms with Crippen LogP contribution in [0.15, 0.2) is 163 Å². The Hall–Kier alpha value is -4.46. The summed E-state index contributed by atoms with van der Waals surface area (Å²) in [6.45, 7) is 14.1. The maximum atomic E-state index is 4.88. The van der Waals surface area contributed by atoms with Crippen molar-refractivity contribution in [2.45, 2.75) is 101 Å². The van der Waals surface area contributed by atoms with Crippen LogP contribution in [0.25, 0.3) is 22.3 Å². The molecule has 1 heteroatoms. The number of nitrogens with one attached hydrogen (secondary N) is 1. The van der Waals surface area contributed by atoms with Crippen LogP contribution in [0.1, 0.15) is 106 Å². The van der Waals surface area contributed by atoms with E-state index in [2.05, 4.69) is 127 Å². The zero-order valence-corrected chi connectivity index (χ0v) is 31.7. The van der Waals surface area contributed by atoms with Crippen molar-refractivity contribution in [3.63, 3.8) is 0 Å². The van der Waals surface area contributed by atoms with Crippen LogP contribution in [-0.2, 0) is 0 Å². The van der Waals surface area contributed by atoms with Gasteiger partial charge in [0.1, 0.15) is 0 Å². The summed E-state index contributed by atoms with van der Waals surface area (Å²) in [5.41, 5.74) is 16.1. The number of hydrogen-bond donors (Lipinski definition) is 1. The number of allylic oxidation sites excluding steroid dienone is 13. The first-order valence-corrected chi connectivity index (χ1v) is 20.6. The van der Waals surface area contributed by atoms with Crippen LogP contribution in [0, 0.1) is 11.8 Å². The summed E-state index contributed by atoms with van der Waals surface area (Å²) in [4.78, 5) is 0. The maximum absolute atomic E-state index is 4.88. The number of fused-ring (bicyclic) bond motifs is 1. The highest BCUT2D eigenvalue weighted by atomic mass is 15.0. The van der Waals surface area contributed by atoms with Crippen molar-refractivity contribution in [2.24, 2.45) is 11.8 Å². The van der Waals surface area contributed by atoms with Gasteiger partial charge in [-0.1, -0.05) is 128 Å². The van der Waals surface area contributed by atoms with Gasteiger partial charge in [-0.25, -0.2) is 0 Å². The Morgan fingerprint density at radius 1 is 0.792 bits per heavy atom. The van der Waals surface area contributed by atoms with Crippen molar-refractivity contribution >= 4 is 11.1 Å². The van der Waals surface area contributed by atoms with Gasteiger partial charge in [-0.3, -0.25) is 5.32 Å². The summed E-state index contributed by atoms with van der Waals surface area (Å²) < 4.78 is 0. The second kappa shape index (κ2) is 16.3. The van der Waals surface area contributed by atoms with Crippen molar-refractivity contribution < 1.29 is 0 Å². The molecule has 8 rings (SSSR count). The van der Waals surface area contributed by atoms with E-state index in [4.69, 9.17) is 13.2 Å². The summed E-state index contributed by atoms with van der Waals surface area (Å²) in [5, 5.41) is 4.17. The summed E-state index contributed by atoms with van der Waals surface area (Å²) in [6, 6.07) is 16.4. The minimum absolute atomic E-state index is 0.0151. The third-order valence-electron chi connectivity index (χ3n) is 12.8. The zero-order chi connectivity index (χ0) is 36.1. The van der Waals surface area contributed by atoms with Gasteiger partial charge in [0.15, 0.2) is 0 Å². The average Bonchev–Trinajstić information content (AvgIpc) is 3.24. The van der Waals surface area contributed by atoms with Crippen LogP contribution < -0.4 is 5.32 Å². The SMILES string of the molecule is C=CC(NC(C(=C)C(=C)c1cccc(-c2ccc(C3C=CCCC3)cc2C2=CCCCC2)c1)C1C=CC=C2CCC=CC21)C1=CCCC2=C1CCC=C2. The Morgan fingerprint density at radius 3 is 2.55 bits per heavy atom. The molecule has 0 bridgehead atoms. The smallest absolute Gasteiger partial charge is 0.0508 e. The molecule has 270 valence electrons. The van der Waals surface area contributed by atoms with Gasteiger partial charge in [0.2, 0.25) is 0 Å². The molecule has 0 radical (unpaired) electrons. The molecule has 5 unspecified atom stereocenters. The third kappa shape index (κ3) is 7.52. The van der Waals surface area contributed by atoms with E-state index >= 15 is 0 Å². The third-order valence-corrected chi connectivity index (χ3v) is 12.8. The minimum Gasteiger partial charge on any atom is -0.299 e. The monoisotopic (exact) mass is 695 g/mol. The molecule has 2 aromatic carbocycles. The second-order valence-corrected chi connectivity index (χ2v) is 16.0. The van der Waals surface area contributed by atoms with Crippen molar-refractivity contribution in [2.75, 3.05) is 0 Å². The number of benzene rings is 2. The van der Waals surface area contributed by atoms with Crippen LogP contribution in [0.5, 0.6) is 0 Å². The van der Waals surface area contributed by atoms with Crippen LogP contribution in [0.2, 0.25) is 0 Å². The van der Waals surface area contributed by atoms with E-state index in [0.29, 0.717) is 11.8 Å². The van der Waals surface area contributed by atoms with E-state index in [1.165, 1.54) is 88.6 Å². The van der Waals surface area contributed by atoms with Gasteiger partial charge in [0.05, 0.1) is 6.04 Å². The molecule has 0 saturated heterocycles. The van der Waals surface area contributed by atoms with E-state index < -0.39 is 0 Å². The van der Waals surface area contributed by atoms with Crippen molar-refractivity contribution in [3.8, 4) is 11.1 Å². The summed E-state index contributed by atoms with van der Waals surface area (Å²) in [5.74, 6) is 1.10. The molecule has 0 spiro atoms. The minimum atomic E-state index is -0.0151. The highest BCUT2D eigenvalue weighted by molar-refractivity contribution is 5.86. The highest BCUT2D eigenvalue weighted by Gasteiger charge is 2.35. The molecule has 5 atom stereocenters. The average molecular weight is 696 g/mol. The van der Waals surface area contributed by atoms with Gasteiger partial charge in [-0.2, -0.15) is 0 Å². The lowest BCUT2D eigenvalue weighted by molar-refractivity contribution is 0.385. The van der Waals surface area contributed by atoms with E-state index in [1.54, 1.807) is 0 Å². The summed E-state index contributed by atoms with van der Waals surface area (Å²) >= 11 is 0. The maximum Gasteiger partial charge on any atom is 0.0508 e. The van der Waals surface area contributed by atoms with E-state index in [1.807, 2.05) is 0 Å². The molecule has 0 aromatic heterocycles. The molecule has 0 fully saturated rings. The molecule has 6 aliphatic carbocycles. The first kappa shape index (κ1) is 35.6. The van der Waals surface area contributed by atoms with Crippen LogP contribution in [0.3, 0.4) is 0 Å². The fourth-order valence-electron chi connectivity index (χ4n) is 9.85. The van der Waals surface area contributed by atoms with Crippen molar-refractivity contribution in [1.29, 1.82) is 0 Å². The summed E-state index contributed by atoms with van der Waals surface area (Å²) in [7, 11) is 0. The molecule has 0 aliphatic heterocycles. The Labute approximate surface area is 319 Å². The lowest BCUT2D eigenvalue weighted by Gasteiger charge is -2.40. The van der Waals surface area contributed by atoms with Crippen LogP contribution in [-0.4, -0.2) is 12.1 Å². The molecule has 0 saturated carbocycles. The van der Waals surface area contributed by atoms with Gasteiger partial charge >= 0.3 is 0 Å². The molecule has 1 nitrogen and oxygen atoms in total. The molecule has 1 N–H and O–H groups in total. The lowest BCUT2D eigenvalue weighted by Crippen LogP contribution is -2.47. The Morgan fingerprint density at radius 2 is 1.70 bits per heavy atom. The normalized spacial score (nSPS) is 24.7. The standard InChI is InChI=1S/C52H57N/c1-4-51(48-30-16-24-39-22-11-13-28-45(39)48)53-52(49-31-17-25-40-23-12-14-29-46(40)49)37(3)36(2)42-26-15-27-44(34-42)47-33-32-43(38-18-7-5-8-19-38)35-50(47)41-20-9-6-10-21-41/h4,7,11,14-15,17-18,20,22,25-27,29-35,38,46,49,51-53H,1-3,5-6,8-10,12-13,16,19,21,23-24,28H2. The van der Waals surface area contributed by atoms with Crippen LogP contribution in [0.4, 0.5) is 0 Å². The fourth-order valence-corrected chi connectivity index (χ4v) is 9.85. The van der Waals surface area contributed by atoms with Crippen molar-refractivity contribution in [1.82, 2.24) is 5.32 Å². The quantitative estimate of drug-likeness (QED) is 0.182. The van der Waals surface area contributed by atoms with Gasteiger partial charge < -0.3 is 0 Å². The predicted molar refractivity (Wildman–Crippen MR) is 228 cm³/mol. The topological polar surface area (TPSA) is 12.0 Å². The predicted octanol–water partition coefficient (Wildman–Crippen LogP) is 13.7. The van der Waals surface area contributed by atoms with E-state index in [9.17, 15) is 0 Å². The molecular formula is C52H57N. The molecule has 6 aliphatic rings. The largest absolute Gasteiger partial charge is 0.299 e. The number of hydrogen-bond acceptors (Lipinski definition) is 1. The van der Waals surface area contributed by atoms with Gasteiger partial charge in [-0.05, 0) is 151 Å². The number of rotatable bonds is 11. The van der Waals surface area contributed by atoms with E-state index in [0.717, 1.165) is 61.7 Å². The first-order valence-electron chi connectivity index (χ1n) is 20.6. The molecule has 53 heavy (non-hydrogen) atoms. The summed E-state index contributed by atoms with van der Waals surface area (Å²) in [6.07, 6.45) is 43.7. The zero-order valence-electron chi connectivity index (χ0n) is 31.7. The van der Waals surface area contributed by atoms with Gasteiger partial charge in [0, 0.05) is 23.8 Å². The first-order chi connectivity index (χ1) is 26.1. The molecule has 0 heterocycles. The Bertz CT molecular complexity index is 2010. The molecule has 2 aromatic rings. The fraction of sp³-hybridized carbons (Fsp3) is 0.346. The molecule has 0 amide bonds. The van der Waals surface area contributed by atoms with Gasteiger partial charge in [-0.15, -0.1) is 6.58 Å². The van der Waals surface area contributed by atoms with Gasteiger partial charge in [0.25, 0.3) is 0 Å². The second-order valence-electron chi connectivity index (χ2n) is 16.0. The lowest BCUT2D eigenvalue weighted by atomic mass is 9.71. The highest BCUT2D eigenvalue weighted by Crippen LogP contribution is 2.43. The molecular weight excluding hydrogens is 639 g/mol. The van der Waals surface area contributed by atoms with E-state index in [-0.39, 0.29) is 18.0 Å². The Kier molecular flexibility index (Phi) is 10.9.